The van der Waals surface area contributed by atoms with Crippen molar-refractivity contribution < 1.29 is 4.39 Å². The molecule has 54 valence electrons. The van der Waals surface area contributed by atoms with Crippen LogP contribution in [0.15, 0.2) is 12.1 Å². The first-order chi connectivity index (χ1) is 4.61. The van der Waals surface area contributed by atoms with Gasteiger partial charge in [0.05, 0.1) is 0 Å². The van der Waals surface area contributed by atoms with Crippen molar-refractivity contribution in [3.63, 3.8) is 0 Å². The van der Waals surface area contributed by atoms with Crippen molar-refractivity contribution in [1.82, 2.24) is 0 Å². The molecule has 1 aromatic carbocycles. The summed E-state index contributed by atoms with van der Waals surface area (Å²) < 4.78 is 13.3. The number of hydrogen-bond donors (Lipinski definition) is 0. The van der Waals surface area contributed by atoms with E-state index in [-0.39, 0.29) is 5.82 Å². The van der Waals surface area contributed by atoms with Crippen LogP contribution < -0.4 is 0 Å². The summed E-state index contributed by atoms with van der Waals surface area (Å²) in [4.78, 5) is 0. The van der Waals surface area contributed by atoms with Crippen LogP contribution in [0.5, 0.6) is 0 Å². The molecule has 0 aromatic heterocycles. The molecule has 0 fully saturated rings. The van der Waals surface area contributed by atoms with Gasteiger partial charge in [0.15, 0.2) is 0 Å². The van der Waals surface area contributed by atoms with Crippen LogP contribution in [0.1, 0.15) is 5.56 Å². The zero-order chi connectivity index (χ0) is 7.72. The largest absolute Gasteiger partial charge is 0.206 e. The average Bonchev–Trinajstić information content (AvgIpc) is 1.84. The van der Waals surface area contributed by atoms with Crippen LogP contribution in [0.2, 0.25) is 5.02 Å². The minimum atomic E-state index is -0.254. The molecule has 0 amide bonds. The summed E-state index contributed by atoms with van der Waals surface area (Å²) in [5, 5.41) is 0.484. The van der Waals surface area contributed by atoms with E-state index in [4.69, 9.17) is 11.6 Å². The van der Waals surface area contributed by atoms with Crippen LogP contribution in [0.25, 0.3) is 0 Å². The van der Waals surface area contributed by atoms with E-state index < -0.39 is 0 Å². The predicted octanol–water partition coefficient (Wildman–Crippen LogP) is 3.39. The van der Waals surface area contributed by atoms with Crippen LogP contribution in [0, 0.1) is 16.3 Å². The second-order valence-electron chi connectivity index (χ2n) is 2.02. The molecule has 0 nitrogen and oxygen atoms in total. The summed E-state index contributed by atoms with van der Waals surface area (Å²) >= 11 is 7.58. The van der Waals surface area contributed by atoms with E-state index in [1.165, 1.54) is 6.07 Å². The fourth-order valence-electron chi connectivity index (χ4n) is 0.622. The molecule has 0 radical (unpaired) electrons. The van der Waals surface area contributed by atoms with Crippen molar-refractivity contribution in [2.45, 2.75) is 6.92 Å². The van der Waals surface area contributed by atoms with E-state index in [9.17, 15) is 4.39 Å². The highest BCUT2D eigenvalue weighted by Gasteiger charge is 2.01. The van der Waals surface area contributed by atoms with E-state index in [1.54, 1.807) is 6.07 Å². The third-order valence-corrected chi connectivity index (χ3v) is 2.44. The van der Waals surface area contributed by atoms with Gasteiger partial charge >= 0.3 is 0 Å². The molecule has 0 saturated heterocycles. The minimum Gasteiger partial charge on any atom is -0.206 e. The number of aryl methyl sites for hydroxylation is 1. The van der Waals surface area contributed by atoms with Gasteiger partial charge in [-0.05, 0) is 47.2 Å². The lowest BCUT2D eigenvalue weighted by Gasteiger charge is -1.98. The molecule has 0 atom stereocenters. The monoisotopic (exact) mass is 270 g/mol. The molecular formula is C7H5ClFI. The summed E-state index contributed by atoms with van der Waals surface area (Å²) in [5.74, 6) is -0.254. The van der Waals surface area contributed by atoms with Crippen molar-refractivity contribution in [1.29, 1.82) is 0 Å². The molecule has 1 aromatic rings. The van der Waals surface area contributed by atoms with Gasteiger partial charge in [0, 0.05) is 8.59 Å². The van der Waals surface area contributed by atoms with E-state index >= 15 is 0 Å². The fraction of sp³-hybridized carbons (Fsp3) is 0.143. The van der Waals surface area contributed by atoms with Crippen molar-refractivity contribution in [3.8, 4) is 0 Å². The summed E-state index contributed by atoms with van der Waals surface area (Å²) in [5.41, 5.74) is 0.910. The Morgan fingerprint density at radius 3 is 2.60 bits per heavy atom. The normalized spacial score (nSPS) is 10.0. The maximum absolute atomic E-state index is 12.7. The van der Waals surface area contributed by atoms with Crippen LogP contribution in [-0.2, 0) is 0 Å². The Morgan fingerprint density at radius 1 is 1.50 bits per heavy atom. The lowest BCUT2D eigenvalue weighted by Crippen LogP contribution is -1.83. The van der Waals surface area contributed by atoms with Gasteiger partial charge in [-0.2, -0.15) is 0 Å². The molecule has 0 bridgehead atoms. The number of benzene rings is 1. The SMILES string of the molecule is Cc1cc(I)c(F)cc1Cl. The van der Waals surface area contributed by atoms with Gasteiger partial charge in [0.1, 0.15) is 5.82 Å². The molecular weight excluding hydrogens is 265 g/mol. The molecule has 0 N–H and O–H groups in total. The Balaban J connectivity index is 3.28. The van der Waals surface area contributed by atoms with Gasteiger partial charge in [-0.25, -0.2) is 4.39 Å². The smallest absolute Gasteiger partial charge is 0.138 e. The highest BCUT2D eigenvalue weighted by Crippen LogP contribution is 2.20. The zero-order valence-electron chi connectivity index (χ0n) is 5.29. The number of halogens is 3. The lowest BCUT2D eigenvalue weighted by atomic mass is 10.2. The highest BCUT2D eigenvalue weighted by molar-refractivity contribution is 14.1. The fourth-order valence-corrected chi connectivity index (χ4v) is 1.40. The third kappa shape index (κ3) is 1.61. The average molecular weight is 270 g/mol. The molecule has 3 heteroatoms. The maximum Gasteiger partial charge on any atom is 0.138 e. The third-order valence-electron chi connectivity index (χ3n) is 1.20. The lowest BCUT2D eigenvalue weighted by molar-refractivity contribution is 0.620. The van der Waals surface area contributed by atoms with Crippen LogP contribution in [-0.4, -0.2) is 0 Å². The molecule has 0 saturated carbocycles. The van der Waals surface area contributed by atoms with Crippen LogP contribution >= 0.6 is 34.2 Å². The van der Waals surface area contributed by atoms with Crippen molar-refractivity contribution in [3.05, 3.63) is 32.1 Å². The molecule has 0 aliphatic carbocycles. The van der Waals surface area contributed by atoms with Crippen molar-refractivity contribution >= 4 is 34.2 Å². The molecule has 0 aliphatic heterocycles. The Bertz CT molecular complexity index is 210. The summed E-state index contributed by atoms with van der Waals surface area (Å²) in [7, 11) is 0. The van der Waals surface area contributed by atoms with Gasteiger partial charge < -0.3 is 0 Å². The van der Waals surface area contributed by atoms with Gasteiger partial charge in [-0.1, -0.05) is 11.6 Å². The second-order valence-corrected chi connectivity index (χ2v) is 3.58. The standard InChI is InChI=1S/C7H5ClFI/c1-4-2-7(10)6(9)3-5(4)8/h2-3H,1H3. The predicted molar refractivity (Wildman–Crippen MR) is 48.9 cm³/mol. The summed E-state index contributed by atoms with van der Waals surface area (Å²) in [6.07, 6.45) is 0. The first kappa shape index (κ1) is 8.27. The molecule has 0 aliphatic rings. The van der Waals surface area contributed by atoms with Crippen LogP contribution in [0.3, 0.4) is 0 Å². The Labute approximate surface area is 77.5 Å². The van der Waals surface area contributed by atoms with Gasteiger partial charge in [-0.3, -0.25) is 0 Å². The van der Waals surface area contributed by atoms with E-state index in [0.29, 0.717) is 8.59 Å². The number of hydrogen-bond acceptors (Lipinski definition) is 0. The Kier molecular flexibility index (Phi) is 2.52. The zero-order valence-corrected chi connectivity index (χ0v) is 8.20. The van der Waals surface area contributed by atoms with E-state index in [1.807, 2.05) is 29.5 Å². The second kappa shape index (κ2) is 3.05. The molecule has 0 spiro atoms. The van der Waals surface area contributed by atoms with Crippen molar-refractivity contribution in [2.24, 2.45) is 0 Å². The van der Waals surface area contributed by atoms with Gasteiger partial charge in [0.2, 0.25) is 0 Å². The van der Waals surface area contributed by atoms with Crippen LogP contribution in [0.4, 0.5) is 4.39 Å². The van der Waals surface area contributed by atoms with E-state index in [0.717, 1.165) is 5.56 Å². The number of rotatable bonds is 0. The highest BCUT2D eigenvalue weighted by atomic mass is 127. The van der Waals surface area contributed by atoms with Gasteiger partial charge in [0.25, 0.3) is 0 Å². The minimum absolute atomic E-state index is 0.254. The Morgan fingerprint density at radius 2 is 2.10 bits per heavy atom. The molecule has 10 heavy (non-hydrogen) atoms. The van der Waals surface area contributed by atoms with Crippen molar-refractivity contribution in [2.75, 3.05) is 0 Å². The first-order valence-electron chi connectivity index (χ1n) is 2.72. The summed E-state index contributed by atoms with van der Waals surface area (Å²) in [6, 6.07) is 3.05. The molecule has 0 heterocycles. The first-order valence-corrected chi connectivity index (χ1v) is 4.18. The Hall–Kier alpha value is 0.170. The topological polar surface area (TPSA) is 0 Å². The van der Waals surface area contributed by atoms with Gasteiger partial charge in [-0.15, -0.1) is 0 Å². The molecule has 0 unspecified atom stereocenters. The quantitative estimate of drug-likeness (QED) is 0.501. The summed E-state index contributed by atoms with van der Waals surface area (Å²) in [6.45, 7) is 1.85. The van der Waals surface area contributed by atoms with E-state index in [2.05, 4.69) is 0 Å². The maximum atomic E-state index is 12.7. The molecule has 1 rings (SSSR count).